The number of aromatic nitrogens is 3. The molecule has 3 aromatic heterocycles. The molecule has 1 amide bonds. The molecule has 220 valence electrons. The first-order chi connectivity index (χ1) is 18.9. The lowest BCUT2D eigenvalue weighted by Gasteiger charge is -2.14. The highest BCUT2D eigenvalue weighted by Gasteiger charge is 2.39. The molecule has 0 unspecified atom stereocenters. The summed E-state index contributed by atoms with van der Waals surface area (Å²) in [6, 6.07) is 1.03. The van der Waals surface area contributed by atoms with Gasteiger partial charge in [-0.1, -0.05) is 0 Å². The largest absolute Gasteiger partial charge is 0.471 e. The van der Waals surface area contributed by atoms with Crippen LogP contribution in [0.1, 0.15) is 16.9 Å². The van der Waals surface area contributed by atoms with Gasteiger partial charge in [0.2, 0.25) is 5.71 Å². The van der Waals surface area contributed by atoms with Crippen molar-refractivity contribution in [3.8, 4) is 11.3 Å². The number of nitrogens with zero attached hydrogens (tertiary/aromatic N) is 4. The molecule has 0 aliphatic rings. The van der Waals surface area contributed by atoms with Crippen molar-refractivity contribution in [1.29, 1.82) is 0 Å². The molecule has 12 nitrogen and oxygen atoms in total. The van der Waals surface area contributed by atoms with Gasteiger partial charge in [-0.2, -0.15) is 18.2 Å². The molecule has 0 bridgehead atoms. The van der Waals surface area contributed by atoms with Crippen LogP contribution in [0.25, 0.3) is 22.4 Å². The van der Waals surface area contributed by atoms with Crippen LogP contribution in [0.5, 0.6) is 0 Å². The number of carbonyl (C=O) groups is 1. The molecule has 0 fully saturated rings. The maximum Gasteiger partial charge on any atom is 0.471 e. The van der Waals surface area contributed by atoms with E-state index in [4.69, 9.17) is 14.2 Å². The van der Waals surface area contributed by atoms with E-state index in [1.165, 1.54) is 21.0 Å². The smallest absolute Gasteiger partial charge is 0.444 e. The molecule has 0 atom stereocenters. The topological polar surface area (TPSA) is 158 Å². The number of aryl methyl sites for hydroxylation is 2. The Morgan fingerprint density at radius 3 is 2.44 bits per heavy atom. The van der Waals surface area contributed by atoms with Gasteiger partial charge in [0.1, 0.15) is 35.1 Å². The summed E-state index contributed by atoms with van der Waals surface area (Å²) < 4.78 is 92.4. The third kappa shape index (κ3) is 5.73. The quantitative estimate of drug-likeness (QED) is 0.245. The Kier molecular flexibility index (Phi) is 7.83. The molecule has 0 saturated heterocycles. The number of benzene rings is 1. The third-order valence-corrected chi connectivity index (χ3v) is 7.25. The Bertz CT molecular complexity index is 1950. The minimum atomic E-state index is -5.41. The Labute approximate surface area is 228 Å². The van der Waals surface area contributed by atoms with Gasteiger partial charge in [0, 0.05) is 30.6 Å². The molecule has 4 aromatic rings. The fraction of sp³-hybridized carbons (Fsp3) is 0.273. The first kappa shape index (κ1) is 30.3. The van der Waals surface area contributed by atoms with Crippen LogP contribution in [0.4, 0.5) is 22.0 Å². The summed E-state index contributed by atoms with van der Waals surface area (Å²) in [7, 11) is -2.61. The number of carbonyl (C=O) groups excluding carboxylic acids is 1. The van der Waals surface area contributed by atoms with Gasteiger partial charge in [0.15, 0.2) is 4.80 Å². The monoisotopic (exact) mass is 624 g/mol. The molecule has 1 aromatic carbocycles. The van der Waals surface area contributed by atoms with Gasteiger partial charge in [-0.25, -0.2) is 18.1 Å². The number of phosphoric ester groups is 1. The summed E-state index contributed by atoms with van der Waals surface area (Å²) in [5.74, 6) is -4.75. The van der Waals surface area contributed by atoms with Gasteiger partial charge in [-0.15, -0.1) is 11.3 Å². The first-order valence-electron chi connectivity index (χ1n) is 11.1. The predicted octanol–water partition coefficient (Wildman–Crippen LogP) is 2.70. The summed E-state index contributed by atoms with van der Waals surface area (Å²) >= 11 is 0.573. The number of furan rings is 1. The molecule has 3 heterocycles. The number of alkyl halides is 3. The van der Waals surface area contributed by atoms with E-state index in [0.717, 1.165) is 14.5 Å². The van der Waals surface area contributed by atoms with Crippen molar-refractivity contribution in [2.75, 3.05) is 0 Å². The number of amides is 1. The van der Waals surface area contributed by atoms with Crippen LogP contribution in [0.15, 0.2) is 36.5 Å². The van der Waals surface area contributed by atoms with E-state index in [0.29, 0.717) is 28.0 Å². The van der Waals surface area contributed by atoms with Gasteiger partial charge >= 0.3 is 19.7 Å². The summed E-state index contributed by atoms with van der Waals surface area (Å²) in [5, 5.41) is 0.948. The fourth-order valence-electron chi connectivity index (χ4n) is 4.00. The lowest BCUT2D eigenvalue weighted by molar-refractivity contribution is -0.142. The number of fused-ring (bicyclic) bond motifs is 1. The van der Waals surface area contributed by atoms with E-state index in [1.807, 2.05) is 0 Å². The third-order valence-electron chi connectivity index (χ3n) is 5.94. The highest BCUT2D eigenvalue weighted by molar-refractivity contribution is 7.46. The van der Waals surface area contributed by atoms with Gasteiger partial charge < -0.3 is 14.2 Å². The molecule has 2 N–H and O–H groups in total. The SMILES string of the molecule is Cc1oc2c(c1CC(=O)N=c1scc(-c3ccc(F)c(C(F)(F)F)c3F)n1COP(=O)(O)O)c(=O)n(C)c(=O)n2C. The maximum absolute atomic E-state index is 14.9. The van der Waals surface area contributed by atoms with Crippen LogP contribution in [-0.2, 0) is 47.3 Å². The molecule has 0 aliphatic heterocycles. The molecular formula is C22H18F5N4O8PS. The van der Waals surface area contributed by atoms with Crippen LogP contribution in [0.2, 0.25) is 0 Å². The summed E-state index contributed by atoms with van der Waals surface area (Å²) in [4.78, 5) is 59.6. The van der Waals surface area contributed by atoms with Crippen molar-refractivity contribution < 1.29 is 50.0 Å². The second kappa shape index (κ2) is 10.6. The van der Waals surface area contributed by atoms with E-state index in [2.05, 4.69) is 9.52 Å². The van der Waals surface area contributed by atoms with Crippen LogP contribution in [0, 0.1) is 18.6 Å². The van der Waals surface area contributed by atoms with Crippen molar-refractivity contribution >= 4 is 36.2 Å². The van der Waals surface area contributed by atoms with Gasteiger partial charge in [-0.3, -0.25) is 27.8 Å². The number of phosphoric acid groups is 1. The summed E-state index contributed by atoms with van der Waals surface area (Å²) in [5.41, 5.74) is -4.94. The van der Waals surface area contributed by atoms with Crippen molar-refractivity contribution in [3.05, 3.63) is 71.7 Å². The fourth-order valence-corrected chi connectivity index (χ4v) is 5.17. The molecule has 41 heavy (non-hydrogen) atoms. The first-order valence-corrected chi connectivity index (χ1v) is 13.5. The zero-order valence-corrected chi connectivity index (χ0v) is 22.7. The highest BCUT2D eigenvalue weighted by Crippen LogP contribution is 2.39. The van der Waals surface area contributed by atoms with Crippen LogP contribution >= 0.6 is 19.2 Å². The maximum atomic E-state index is 14.9. The second-order valence-electron chi connectivity index (χ2n) is 8.57. The highest BCUT2D eigenvalue weighted by atomic mass is 32.1. The van der Waals surface area contributed by atoms with E-state index < -0.39 is 72.8 Å². The Balaban J connectivity index is 1.85. The number of thiazole rings is 1. The average molecular weight is 624 g/mol. The lowest BCUT2D eigenvalue weighted by Crippen LogP contribution is -2.36. The van der Waals surface area contributed by atoms with Crippen molar-refractivity contribution in [2.24, 2.45) is 19.1 Å². The predicted molar refractivity (Wildman–Crippen MR) is 131 cm³/mol. The zero-order chi connectivity index (χ0) is 30.6. The number of rotatable bonds is 6. The summed E-state index contributed by atoms with van der Waals surface area (Å²) in [6.45, 7) is 0.336. The molecule has 4 rings (SSSR count). The van der Waals surface area contributed by atoms with E-state index in [9.17, 15) is 40.9 Å². The molecular weight excluding hydrogens is 606 g/mol. The van der Waals surface area contributed by atoms with Crippen molar-refractivity contribution in [1.82, 2.24) is 13.7 Å². The van der Waals surface area contributed by atoms with Crippen molar-refractivity contribution in [2.45, 2.75) is 26.3 Å². The standard InChI is InChI=1S/C22H18F5N4O8PS/c1-9-11(15-18(33)29(2)21(34)30(3)19(15)39-9)6-14(32)28-20-31(8-38-40(35,36)37)13(7-41-20)10-4-5-12(23)16(17(10)24)22(25,26)27/h4-5,7H,6,8H2,1-3H3,(H2,35,36,37). The summed E-state index contributed by atoms with van der Waals surface area (Å²) in [6.07, 6.45) is -5.98. The second-order valence-corrected chi connectivity index (χ2v) is 10.6. The number of hydrogen-bond acceptors (Lipinski definition) is 7. The molecule has 0 aliphatic carbocycles. The van der Waals surface area contributed by atoms with Gasteiger partial charge in [0.25, 0.3) is 11.5 Å². The lowest BCUT2D eigenvalue weighted by atomic mass is 10.1. The minimum Gasteiger partial charge on any atom is -0.444 e. The van der Waals surface area contributed by atoms with Crippen LogP contribution < -0.4 is 16.1 Å². The Hall–Kier alpha value is -3.70. The molecule has 0 saturated carbocycles. The normalized spacial score (nSPS) is 13.0. The van der Waals surface area contributed by atoms with E-state index in [-0.39, 0.29) is 27.2 Å². The van der Waals surface area contributed by atoms with Gasteiger partial charge in [0.05, 0.1) is 12.1 Å². The van der Waals surface area contributed by atoms with Crippen LogP contribution in [0.3, 0.4) is 0 Å². The Morgan fingerprint density at radius 2 is 1.83 bits per heavy atom. The van der Waals surface area contributed by atoms with Crippen molar-refractivity contribution in [3.63, 3.8) is 0 Å². The molecule has 0 radical (unpaired) electrons. The molecule has 19 heteroatoms. The van der Waals surface area contributed by atoms with E-state index >= 15 is 0 Å². The zero-order valence-electron chi connectivity index (χ0n) is 21.0. The number of halogens is 5. The van der Waals surface area contributed by atoms with Crippen LogP contribution in [-0.4, -0.2) is 29.4 Å². The average Bonchev–Trinajstić information content (AvgIpc) is 3.39. The number of hydrogen-bond donors (Lipinski definition) is 2. The van der Waals surface area contributed by atoms with Gasteiger partial charge in [-0.05, 0) is 19.1 Å². The van der Waals surface area contributed by atoms with E-state index in [1.54, 1.807) is 0 Å². The minimum absolute atomic E-state index is 0.0757. The Morgan fingerprint density at radius 1 is 1.17 bits per heavy atom. The molecule has 0 spiro atoms.